The van der Waals surface area contributed by atoms with Gasteiger partial charge in [0, 0.05) is 35.4 Å². The van der Waals surface area contributed by atoms with Crippen LogP contribution >= 0.6 is 11.6 Å². The number of aryl methyl sites for hydroxylation is 1. The summed E-state index contributed by atoms with van der Waals surface area (Å²) in [5.74, 6) is 0.654. The lowest BCUT2D eigenvalue weighted by atomic mass is 9.89. The summed E-state index contributed by atoms with van der Waals surface area (Å²) in [7, 11) is 1.39. The first-order valence-corrected chi connectivity index (χ1v) is 18.7. The van der Waals surface area contributed by atoms with Gasteiger partial charge in [-0.1, -0.05) is 60.1 Å². The van der Waals surface area contributed by atoms with Crippen LogP contribution in [0.3, 0.4) is 0 Å². The minimum atomic E-state index is -0.392. The summed E-state index contributed by atoms with van der Waals surface area (Å²) < 4.78 is 22.5. The van der Waals surface area contributed by atoms with Crippen molar-refractivity contribution in [3.63, 3.8) is 0 Å². The molecule has 0 spiro atoms. The lowest BCUT2D eigenvalue weighted by Gasteiger charge is -2.36. The molecule has 1 atom stereocenters. The molecular formula is C44H42ClN3O6. The number of rotatable bonds is 14. The summed E-state index contributed by atoms with van der Waals surface area (Å²) in [4.78, 5) is 36.4. The van der Waals surface area contributed by atoms with Crippen molar-refractivity contribution in [3.8, 4) is 17.2 Å². The molecule has 0 saturated carbocycles. The number of ether oxygens (including phenoxy) is 3. The van der Waals surface area contributed by atoms with Gasteiger partial charge in [-0.05, 0) is 116 Å². The van der Waals surface area contributed by atoms with Crippen LogP contribution in [0.1, 0.15) is 74.6 Å². The quantitative estimate of drug-likeness (QED) is 0.101. The second-order valence-electron chi connectivity index (χ2n) is 13.3. The lowest BCUT2D eigenvalue weighted by molar-refractivity contribution is 0.0517. The van der Waals surface area contributed by atoms with Crippen molar-refractivity contribution in [2.45, 2.75) is 51.7 Å². The number of carbonyl (C=O) groups is 2. The monoisotopic (exact) mass is 743 g/mol. The molecule has 1 unspecified atom stereocenters. The van der Waals surface area contributed by atoms with Crippen LogP contribution in [0.5, 0.6) is 5.75 Å². The van der Waals surface area contributed by atoms with Gasteiger partial charge in [-0.3, -0.25) is 4.90 Å². The fourth-order valence-corrected chi connectivity index (χ4v) is 7.16. The average molecular weight is 744 g/mol. The zero-order valence-electron chi connectivity index (χ0n) is 30.4. The molecule has 2 heterocycles. The van der Waals surface area contributed by atoms with Gasteiger partial charge in [-0.25, -0.2) is 19.6 Å². The van der Waals surface area contributed by atoms with Gasteiger partial charge in [0.25, 0.3) is 0 Å². The van der Waals surface area contributed by atoms with E-state index in [2.05, 4.69) is 28.1 Å². The van der Waals surface area contributed by atoms with Gasteiger partial charge >= 0.3 is 11.9 Å². The zero-order valence-corrected chi connectivity index (χ0v) is 31.2. The van der Waals surface area contributed by atoms with Gasteiger partial charge in [-0.15, -0.1) is 0 Å². The van der Waals surface area contributed by atoms with Gasteiger partial charge in [0.15, 0.2) is 5.58 Å². The molecule has 1 aliphatic rings. The largest absolute Gasteiger partial charge is 0.489 e. The predicted octanol–water partition coefficient (Wildman–Crippen LogP) is 9.25. The van der Waals surface area contributed by atoms with Gasteiger partial charge in [0.2, 0.25) is 5.89 Å². The summed E-state index contributed by atoms with van der Waals surface area (Å²) in [6.07, 6.45) is 4.36. The predicted molar refractivity (Wildman–Crippen MR) is 208 cm³/mol. The van der Waals surface area contributed by atoms with Crippen molar-refractivity contribution in [1.82, 2.24) is 14.9 Å². The Bertz CT molecular complexity index is 2230. The van der Waals surface area contributed by atoms with Crippen molar-refractivity contribution >= 4 is 34.6 Å². The number of oxazole rings is 1. The number of pyridine rings is 1. The number of halogens is 1. The Hall–Kier alpha value is -5.51. The van der Waals surface area contributed by atoms with Crippen LogP contribution in [-0.4, -0.2) is 53.6 Å². The number of benzene rings is 4. The maximum absolute atomic E-state index is 12.5. The van der Waals surface area contributed by atoms with Crippen molar-refractivity contribution in [3.05, 3.63) is 147 Å². The Balaban J connectivity index is 1.06. The van der Waals surface area contributed by atoms with Crippen molar-refractivity contribution in [2.75, 3.05) is 26.8 Å². The molecule has 54 heavy (non-hydrogen) atoms. The van der Waals surface area contributed by atoms with Gasteiger partial charge in [-0.2, -0.15) is 0 Å². The van der Waals surface area contributed by atoms with Crippen molar-refractivity contribution in [1.29, 1.82) is 0 Å². The third kappa shape index (κ3) is 8.65. The number of fused-ring (bicyclic) bond motifs is 2. The Morgan fingerprint density at radius 2 is 1.65 bits per heavy atom. The van der Waals surface area contributed by atoms with Crippen LogP contribution in [-0.2, 0) is 35.3 Å². The van der Waals surface area contributed by atoms with E-state index in [-0.39, 0.29) is 12.0 Å². The van der Waals surface area contributed by atoms with Crippen LogP contribution < -0.4 is 4.74 Å². The number of carbonyl (C=O) groups excluding carboxylic acids is 2. The van der Waals surface area contributed by atoms with Crippen LogP contribution in [0, 0.1) is 0 Å². The third-order valence-corrected chi connectivity index (χ3v) is 10.1. The smallest absolute Gasteiger partial charge is 0.356 e. The highest BCUT2D eigenvalue weighted by Crippen LogP contribution is 2.35. The molecule has 0 N–H and O–H groups in total. The summed E-state index contributed by atoms with van der Waals surface area (Å²) in [5, 5.41) is 0.620. The van der Waals surface area contributed by atoms with Crippen LogP contribution in [0.2, 0.25) is 5.02 Å². The molecule has 9 nitrogen and oxygen atoms in total. The topological polar surface area (TPSA) is 104 Å². The summed E-state index contributed by atoms with van der Waals surface area (Å²) >= 11 is 6.13. The molecule has 10 heteroatoms. The van der Waals surface area contributed by atoms with Crippen LogP contribution in [0.15, 0.2) is 108 Å². The van der Waals surface area contributed by atoms with Gasteiger partial charge in [0.05, 0.1) is 19.3 Å². The molecule has 0 saturated heterocycles. The molecule has 4 aromatic carbocycles. The second-order valence-corrected chi connectivity index (χ2v) is 13.7. The summed E-state index contributed by atoms with van der Waals surface area (Å²) in [6.45, 7) is 4.10. The minimum Gasteiger partial charge on any atom is -0.489 e. The van der Waals surface area contributed by atoms with E-state index >= 15 is 0 Å². The molecule has 0 bridgehead atoms. The van der Waals surface area contributed by atoms with E-state index in [0.717, 1.165) is 90.0 Å². The van der Waals surface area contributed by atoms with E-state index in [0.29, 0.717) is 41.0 Å². The number of aromatic nitrogens is 2. The van der Waals surface area contributed by atoms with E-state index < -0.39 is 5.97 Å². The van der Waals surface area contributed by atoms with E-state index in [4.69, 9.17) is 35.2 Å². The van der Waals surface area contributed by atoms with E-state index in [1.807, 2.05) is 66.7 Å². The highest BCUT2D eigenvalue weighted by molar-refractivity contribution is 6.31. The molecule has 0 radical (unpaired) electrons. The Morgan fingerprint density at radius 1 is 0.870 bits per heavy atom. The Labute approximate surface area is 319 Å². The molecule has 0 aliphatic heterocycles. The Morgan fingerprint density at radius 3 is 2.44 bits per heavy atom. The molecule has 7 rings (SSSR count). The van der Waals surface area contributed by atoms with E-state index in [1.165, 1.54) is 7.11 Å². The normalized spacial score (nSPS) is 13.8. The number of esters is 2. The number of para-hydroxylation sites is 1. The van der Waals surface area contributed by atoms with Gasteiger partial charge < -0.3 is 18.6 Å². The first kappa shape index (κ1) is 36.8. The first-order chi connectivity index (χ1) is 26.4. The lowest BCUT2D eigenvalue weighted by Crippen LogP contribution is -2.35. The third-order valence-electron chi connectivity index (χ3n) is 9.83. The molecular weight excluding hydrogens is 702 g/mol. The Kier molecular flexibility index (Phi) is 11.7. The number of hydrogen-bond acceptors (Lipinski definition) is 9. The van der Waals surface area contributed by atoms with Crippen LogP contribution in [0.25, 0.3) is 22.6 Å². The molecule has 0 amide bonds. The van der Waals surface area contributed by atoms with Crippen molar-refractivity contribution < 1.29 is 28.2 Å². The number of hydrogen-bond donors (Lipinski definition) is 0. The number of methoxy groups -OCH3 is 1. The maximum Gasteiger partial charge on any atom is 0.356 e. The fraction of sp³-hybridized carbons (Fsp3) is 0.273. The highest BCUT2D eigenvalue weighted by Gasteiger charge is 2.28. The summed E-state index contributed by atoms with van der Waals surface area (Å²) in [5.41, 5.74) is 8.58. The first-order valence-electron chi connectivity index (χ1n) is 18.3. The van der Waals surface area contributed by atoms with E-state index in [1.54, 1.807) is 25.1 Å². The SMILES string of the molecule is CCOC(=O)c1ccc2c(n1)CCCC2N(CCc1ccc(C(=O)OC)cc1)CCc1ccccc1OCc1ccc(-c2nc3cc(Cl)ccc3o2)cc1. The summed E-state index contributed by atoms with van der Waals surface area (Å²) in [6, 6.07) is 33.2. The minimum absolute atomic E-state index is 0.136. The van der Waals surface area contributed by atoms with Crippen molar-refractivity contribution in [2.24, 2.45) is 0 Å². The highest BCUT2D eigenvalue weighted by atomic mass is 35.5. The fourth-order valence-electron chi connectivity index (χ4n) is 7.00. The molecule has 276 valence electrons. The van der Waals surface area contributed by atoms with E-state index in [9.17, 15) is 9.59 Å². The molecule has 1 aliphatic carbocycles. The number of nitrogens with zero attached hydrogens (tertiary/aromatic N) is 3. The molecule has 6 aromatic rings. The zero-order chi connectivity index (χ0) is 37.4. The molecule has 0 fully saturated rings. The maximum atomic E-state index is 12.5. The molecule has 2 aromatic heterocycles. The average Bonchev–Trinajstić information content (AvgIpc) is 3.63. The van der Waals surface area contributed by atoms with Gasteiger partial charge in [0.1, 0.15) is 23.6 Å². The standard InChI is InChI=1S/C44H42ClN3O6/c1-3-52-44(50)37-21-20-35-36(46-37)8-6-9-39(35)48(25-23-29-11-17-33(18-12-29)43(49)51-2)26-24-31-7-4-5-10-40(31)53-28-30-13-15-32(16-14-30)42-47-38-27-34(45)19-22-41(38)54-42/h4-5,7,10-22,27,39H,3,6,8-9,23-26,28H2,1-2H3. The van der Waals surface area contributed by atoms with Crippen LogP contribution in [0.4, 0.5) is 0 Å². The second kappa shape index (κ2) is 17.1.